The summed E-state index contributed by atoms with van der Waals surface area (Å²) in [6.07, 6.45) is 0.586. The summed E-state index contributed by atoms with van der Waals surface area (Å²) in [6, 6.07) is 13.8. The largest absolute Gasteiger partial charge is 0.507 e. The fourth-order valence-electron chi connectivity index (χ4n) is 1.96. The smallest absolute Gasteiger partial charge is 0.261 e. The van der Waals surface area contributed by atoms with E-state index in [-0.39, 0.29) is 11.6 Å². The van der Waals surface area contributed by atoms with Crippen LogP contribution in [0.25, 0.3) is 22.8 Å². The van der Waals surface area contributed by atoms with Crippen LogP contribution in [0.2, 0.25) is 0 Å². The van der Waals surface area contributed by atoms with Crippen molar-refractivity contribution < 1.29 is 14.4 Å². The van der Waals surface area contributed by atoms with Crippen LogP contribution >= 0.6 is 0 Å². The molecule has 0 fully saturated rings. The van der Waals surface area contributed by atoms with E-state index in [0.29, 0.717) is 29.0 Å². The van der Waals surface area contributed by atoms with E-state index in [9.17, 15) is 9.90 Å². The van der Waals surface area contributed by atoms with Crippen molar-refractivity contribution in [2.75, 3.05) is 5.32 Å². The highest BCUT2D eigenvalue weighted by Crippen LogP contribution is 2.31. The van der Waals surface area contributed by atoms with Gasteiger partial charge in [0.2, 0.25) is 12.2 Å². The minimum absolute atomic E-state index is 0.0620. The van der Waals surface area contributed by atoms with Gasteiger partial charge in [-0.1, -0.05) is 29.4 Å². The first-order valence-corrected chi connectivity index (χ1v) is 6.21. The average molecular weight is 281 g/mol. The maximum Gasteiger partial charge on any atom is 0.261 e. The summed E-state index contributed by atoms with van der Waals surface area (Å²) in [6.45, 7) is 0. The standard InChI is InChI=1S/C15H11N3O3/c19-9-16-12-7-3-1-5-10(12)14-17-15(21-18-14)11-6-2-4-8-13(11)20/h1-9,20H,(H,16,19). The summed E-state index contributed by atoms with van der Waals surface area (Å²) in [7, 11) is 0. The van der Waals surface area contributed by atoms with Crippen molar-refractivity contribution >= 4 is 12.1 Å². The van der Waals surface area contributed by atoms with E-state index in [0.717, 1.165) is 0 Å². The number of phenols is 1. The fourth-order valence-corrected chi connectivity index (χ4v) is 1.96. The Kier molecular flexibility index (Phi) is 3.34. The molecule has 3 rings (SSSR count). The molecule has 0 radical (unpaired) electrons. The predicted molar refractivity (Wildman–Crippen MR) is 76.5 cm³/mol. The van der Waals surface area contributed by atoms with Gasteiger partial charge in [0, 0.05) is 5.56 Å². The van der Waals surface area contributed by atoms with Crippen molar-refractivity contribution in [2.45, 2.75) is 0 Å². The van der Waals surface area contributed by atoms with E-state index in [1.54, 1.807) is 48.5 Å². The predicted octanol–water partition coefficient (Wildman–Crippen LogP) is 2.68. The van der Waals surface area contributed by atoms with Crippen LogP contribution in [-0.2, 0) is 4.79 Å². The van der Waals surface area contributed by atoms with Crippen molar-refractivity contribution in [3.05, 3.63) is 48.5 Å². The Morgan fingerprint density at radius 1 is 1.05 bits per heavy atom. The number of anilines is 1. The molecule has 0 saturated carbocycles. The van der Waals surface area contributed by atoms with E-state index in [1.807, 2.05) is 0 Å². The first-order chi connectivity index (χ1) is 10.3. The number of aromatic nitrogens is 2. The Labute approximate surface area is 120 Å². The normalized spacial score (nSPS) is 10.3. The third kappa shape index (κ3) is 2.46. The van der Waals surface area contributed by atoms with Gasteiger partial charge >= 0.3 is 0 Å². The molecule has 1 aromatic heterocycles. The molecule has 1 amide bonds. The van der Waals surface area contributed by atoms with E-state index < -0.39 is 0 Å². The second-order valence-electron chi connectivity index (χ2n) is 4.25. The summed E-state index contributed by atoms with van der Waals surface area (Å²) < 4.78 is 5.18. The van der Waals surface area contributed by atoms with Gasteiger partial charge in [-0.05, 0) is 24.3 Å². The monoisotopic (exact) mass is 281 g/mol. The van der Waals surface area contributed by atoms with Crippen LogP contribution in [-0.4, -0.2) is 21.7 Å². The van der Waals surface area contributed by atoms with Gasteiger partial charge in [0.15, 0.2) is 0 Å². The maximum absolute atomic E-state index is 10.6. The van der Waals surface area contributed by atoms with Crippen molar-refractivity contribution in [2.24, 2.45) is 0 Å². The SMILES string of the molecule is O=CNc1ccccc1-c1noc(-c2ccccc2O)n1. The van der Waals surface area contributed by atoms with Gasteiger partial charge in [-0.25, -0.2) is 0 Å². The number of rotatable bonds is 4. The van der Waals surface area contributed by atoms with Crippen LogP contribution in [0.4, 0.5) is 5.69 Å². The number of carbonyl (C=O) groups is 1. The number of benzene rings is 2. The number of hydrogen-bond donors (Lipinski definition) is 2. The van der Waals surface area contributed by atoms with Gasteiger partial charge in [-0.2, -0.15) is 4.98 Å². The molecule has 0 saturated heterocycles. The lowest BCUT2D eigenvalue weighted by atomic mass is 10.1. The van der Waals surface area contributed by atoms with Crippen LogP contribution < -0.4 is 5.32 Å². The van der Waals surface area contributed by atoms with Gasteiger partial charge in [-0.3, -0.25) is 4.79 Å². The Hall–Kier alpha value is -3.15. The quantitative estimate of drug-likeness (QED) is 0.718. The molecule has 0 unspecified atom stereocenters. The molecule has 6 nitrogen and oxygen atoms in total. The molecule has 104 valence electrons. The summed E-state index contributed by atoms with van der Waals surface area (Å²) in [5, 5.41) is 16.3. The zero-order valence-corrected chi connectivity index (χ0v) is 10.9. The number of nitrogens with zero attached hydrogens (tertiary/aromatic N) is 2. The van der Waals surface area contributed by atoms with Gasteiger partial charge in [-0.15, -0.1) is 0 Å². The number of carbonyl (C=O) groups excluding carboxylic acids is 1. The van der Waals surface area contributed by atoms with Crippen LogP contribution in [0.15, 0.2) is 53.1 Å². The second kappa shape index (κ2) is 5.46. The van der Waals surface area contributed by atoms with Gasteiger partial charge in [0.25, 0.3) is 5.89 Å². The van der Waals surface area contributed by atoms with Crippen molar-refractivity contribution in [3.63, 3.8) is 0 Å². The fraction of sp³-hybridized carbons (Fsp3) is 0. The Bertz CT molecular complexity index is 783. The lowest BCUT2D eigenvalue weighted by Gasteiger charge is -2.03. The van der Waals surface area contributed by atoms with Crippen molar-refractivity contribution in [1.29, 1.82) is 0 Å². The highest BCUT2D eigenvalue weighted by Gasteiger charge is 2.15. The molecular weight excluding hydrogens is 270 g/mol. The number of amides is 1. The van der Waals surface area contributed by atoms with E-state index in [1.165, 1.54) is 0 Å². The number of para-hydroxylation sites is 2. The first kappa shape index (κ1) is 12.9. The number of hydrogen-bond acceptors (Lipinski definition) is 5. The second-order valence-corrected chi connectivity index (χ2v) is 4.25. The van der Waals surface area contributed by atoms with Gasteiger partial charge in [0.05, 0.1) is 11.3 Å². The third-order valence-electron chi connectivity index (χ3n) is 2.94. The summed E-state index contributed by atoms with van der Waals surface area (Å²) >= 11 is 0. The molecule has 0 aliphatic heterocycles. The Balaban J connectivity index is 2.03. The van der Waals surface area contributed by atoms with Crippen LogP contribution in [0, 0.1) is 0 Å². The van der Waals surface area contributed by atoms with Gasteiger partial charge < -0.3 is 14.9 Å². The highest BCUT2D eigenvalue weighted by molar-refractivity contribution is 5.83. The topological polar surface area (TPSA) is 88.2 Å². The van der Waals surface area contributed by atoms with E-state index in [4.69, 9.17) is 4.52 Å². The summed E-state index contributed by atoms with van der Waals surface area (Å²) in [4.78, 5) is 14.9. The molecule has 0 aliphatic rings. The minimum atomic E-state index is 0.0620. The lowest BCUT2D eigenvalue weighted by Crippen LogP contribution is -1.96. The molecule has 0 atom stereocenters. The molecule has 0 bridgehead atoms. The zero-order valence-electron chi connectivity index (χ0n) is 10.9. The minimum Gasteiger partial charge on any atom is -0.507 e. The molecule has 2 N–H and O–H groups in total. The molecule has 21 heavy (non-hydrogen) atoms. The highest BCUT2D eigenvalue weighted by atomic mass is 16.5. The molecule has 6 heteroatoms. The molecule has 3 aromatic rings. The van der Waals surface area contributed by atoms with Crippen LogP contribution in [0.1, 0.15) is 0 Å². The van der Waals surface area contributed by atoms with Crippen molar-refractivity contribution in [3.8, 4) is 28.6 Å². The number of aromatic hydroxyl groups is 1. The van der Waals surface area contributed by atoms with Crippen LogP contribution in [0.5, 0.6) is 5.75 Å². The lowest BCUT2D eigenvalue weighted by molar-refractivity contribution is -0.105. The third-order valence-corrected chi connectivity index (χ3v) is 2.94. The molecule has 0 aliphatic carbocycles. The average Bonchev–Trinajstić information content (AvgIpc) is 2.98. The Morgan fingerprint density at radius 3 is 2.52 bits per heavy atom. The maximum atomic E-state index is 10.6. The van der Waals surface area contributed by atoms with Crippen molar-refractivity contribution in [1.82, 2.24) is 10.1 Å². The number of phenolic OH excluding ortho intramolecular Hbond substituents is 1. The van der Waals surface area contributed by atoms with E-state index >= 15 is 0 Å². The first-order valence-electron chi connectivity index (χ1n) is 6.21. The summed E-state index contributed by atoms with van der Waals surface area (Å²) in [5.41, 5.74) is 1.67. The summed E-state index contributed by atoms with van der Waals surface area (Å²) in [5.74, 6) is 0.606. The zero-order chi connectivity index (χ0) is 14.7. The molecule has 2 aromatic carbocycles. The van der Waals surface area contributed by atoms with E-state index in [2.05, 4.69) is 15.5 Å². The Morgan fingerprint density at radius 2 is 1.76 bits per heavy atom. The van der Waals surface area contributed by atoms with Crippen LogP contribution in [0.3, 0.4) is 0 Å². The molecule has 0 spiro atoms. The molecule has 1 heterocycles. The molecular formula is C15H11N3O3. The number of nitrogens with one attached hydrogen (secondary N) is 1. The van der Waals surface area contributed by atoms with Gasteiger partial charge in [0.1, 0.15) is 5.75 Å².